The summed E-state index contributed by atoms with van der Waals surface area (Å²) in [7, 11) is 1.61. The van der Waals surface area contributed by atoms with E-state index in [0.717, 1.165) is 37.9 Å². The van der Waals surface area contributed by atoms with Crippen molar-refractivity contribution in [1.29, 1.82) is 0 Å². The first-order valence-corrected chi connectivity index (χ1v) is 7.94. The maximum Gasteiger partial charge on any atom is 0.251 e. The SMILES string of the molecule is CNC(=O)c1cccc(CNC(=O)C2CC23CCNCC3)c1. The van der Waals surface area contributed by atoms with Gasteiger partial charge in [0.2, 0.25) is 5.91 Å². The van der Waals surface area contributed by atoms with E-state index in [1.807, 2.05) is 18.2 Å². The molecule has 5 heteroatoms. The number of nitrogens with one attached hydrogen (secondary N) is 3. The highest BCUT2D eigenvalue weighted by atomic mass is 16.2. The molecule has 3 N–H and O–H groups in total. The highest BCUT2D eigenvalue weighted by Gasteiger charge is 2.57. The second kappa shape index (κ2) is 6.08. The lowest BCUT2D eigenvalue weighted by atomic mass is 9.92. The van der Waals surface area contributed by atoms with Crippen molar-refractivity contribution in [3.8, 4) is 0 Å². The number of benzene rings is 1. The summed E-state index contributed by atoms with van der Waals surface area (Å²) in [5.74, 6) is 0.230. The Bertz CT molecular complexity index is 579. The largest absolute Gasteiger partial charge is 0.355 e. The minimum absolute atomic E-state index is 0.107. The van der Waals surface area contributed by atoms with Crippen LogP contribution in [0.1, 0.15) is 35.2 Å². The molecule has 0 bridgehead atoms. The van der Waals surface area contributed by atoms with Crippen molar-refractivity contribution >= 4 is 11.8 Å². The Morgan fingerprint density at radius 2 is 2.09 bits per heavy atom. The van der Waals surface area contributed by atoms with Crippen molar-refractivity contribution in [2.45, 2.75) is 25.8 Å². The van der Waals surface area contributed by atoms with E-state index in [0.29, 0.717) is 12.1 Å². The molecule has 2 aliphatic rings. The molecule has 1 saturated heterocycles. The van der Waals surface area contributed by atoms with Crippen LogP contribution in [-0.4, -0.2) is 32.0 Å². The second-order valence-electron chi connectivity index (χ2n) is 6.37. The number of carbonyl (C=O) groups excluding carboxylic acids is 2. The van der Waals surface area contributed by atoms with Crippen LogP contribution >= 0.6 is 0 Å². The maximum atomic E-state index is 12.3. The van der Waals surface area contributed by atoms with E-state index in [2.05, 4.69) is 16.0 Å². The van der Waals surface area contributed by atoms with Crippen LogP contribution in [0.4, 0.5) is 0 Å². The van der Waals surface area contributed by atoms with Gasteiger partial charge in [0.15, 0.2) is 0 Å². The first-order valence-electron chi connectivity index (χ1n) is 7.94. The Kier molecular flexibility index (Phi) is 4.16. The van der Waals surface area contributed by atoms with Crippen molar-refractivity contribution in [1.82, 2.24) is 16.0 Å². The van der Waals surface area contributed by atoms with Gasteiger partial charge in [-0.25, -0.2) is 0 Å². The molecule has 1 unspecified atom stereocenters. The molecule has 1 heterocycles. The van der Waals surface area contributed by atoms with Crippen LogP contribution in [0.2, 0.25) is 0 Å². The van der Waals surface area contributed by atoms with Crippen LogP contribution in [-0.2, 0) is 11.3 Å². The molecule has 5 nitrogen and oxygen atoms in total. The Morgan fingerprint density at radius 1 is 1.32 bits per heavy atom. The molecule has 2 amide bonds. The van der Waals surface area contributed by atoms with E-state index in [9.17, 15) is 9.59 Å². The fourth-order valence-electron chi connectivity index (χ4n) is 3.47. The van der Waals surface area contributed by atoms with Crippen LogP contribution in [0.15, 0.2) is 24.3 Å². The predicted molar refractivity (Wildman–Crippen MR) is 84.3 cm³/mol. The van der Waals surface area contributed by atoms with E-state index in [4.69, 9.17) is 0 Å². The Hall–Kier alpha value is -1.88. The van der Waals surface area contributed by atoms with E-state index >= 15 is 0 Å². The third-order valence-corrected chi connectivity index (χ3v) is 4.99. The highest BCUT2D eigenvalue weighted by molar-refractivity contribution is 5.94. The molecule has 1 aromatic rings. The van der Waals surface area contributed by atoms with E-state index in [-0.39, 0.29) is 23.1 Å². The van der Waals surface area contributed by atoms with Crippen molar-refractivity contribution in [3.05, 3.63) is 35.4 Å². The zero-order chi connectivity index (χ0) is 15.6. The van der Waals surface area contributed by atoms with Gasteiger partial charge in [-0.1, -0.05) is 12.1 Å². The summed E-state index contributed by atoms with van der Waals surface area (Å²) in [5, 5.41) is 8.98. The summed E-state index contributed by atoms with van der Waals surface area (Å²) in [6.45, 7) is 2.53. The zero-order valence-electron chi connectivity index (χ0n) is 12.9. The first-order chi connectivity index (χ1) is 10.6. The monoisotopic (exact) mass is 301 g/mol. The third-order valence-electron chi connectivity index (χ3n) is 4.99. The molecular weight excluding hydrogens is 278 g/mol. The van der Waals surface area contributed by atoms with Gasteiger partial charge in [-0.05, 0) is 55.5 Å². The van der Waals surface area contributed by atoms with E-state index in [1.54, 1.807) is 13.1 Å². The van der Waals surface area contributed by atoms with Crippen molar-refractivity contribution in [2.24, 2.45) is 11.3 Å². The Labute approximate surface area is 130 Å². The second-order valence-corrected chi connectivity index (χ2v) is 6.37. The summed E-state index contributed by atoms with van der Waals surface area (Å²) < 4.78 is 0. The molecule has 0 radical (unpaired) electrons. The molecular formula is C17H23N3O2. The number of amides is 2. The van der Waals surface area contributed by atoms with Gasteiger partial charge in [-0.2, -0.15) is 0 Å². The van der Waals surface area contributed by atoms with Gasteiger partial charge in [0, 0.05) is 25.1 Å². The average molecular weight is 301 g/mol. The average Bonchev–Trinajstić information content (AvgIpc) is 3.26. The fourth-order valence-corrected chi connectivity index (χ4v) is 3.47. The first kappa shape index (κ1) is 15.0. The molecule has 0 aromatic heterocycles. The van der Waals surface area contributed by atoms with Crippen LogP contribution in [0.5, 0.6) is 0 Å². The summed E-state index contributed by atoms with van der Waals surface area (Å²) >= 11 is 0. The van der Waals surface area contributed by atoms with Gasteiger partial charge in [0.25, 0.3) is 5.91 Å². The van der Waals surface area contributed by atoms with Crippen LogP contribution in [0, 0.1) is 11.3 Å². The molecule has 2 fully saturated rings. The molecule has 118 valence electrons. The number of hydrogen-bond donors (Lipinski definition) is 3. The quantitative estimate of drug-likeness (QED) is 0.778. The van der Waals surface area contributed by atoms with Gasteiger partial charge in [-0.3, -0.25) is 9.59 Å². The van der Waals surface area contributed by atoms with Crippen LogP contribution in [0.3, 0.4) is 0 Å². The van der Waals surface area contributed by atoms with Gasteiger partial charge >= 0.3 is 0 Å². The number of carbonyl (C=O) groups is 2. The number of piperidine rings is 1. The molecule has 3 rings (SSSR count). The molecule has 1 atom stereocenters. The fraction of sp³-hybridized carbons (Fsp3) is 0.529. The summed E-state index contributed by atoms with van der Waals surface area (Å²) in [4.78, 5) is 23.9. The summed E-state index contributed by atoms with van der Waals surface area (Å²) in [5.41, 5.74) is 1.84. The number of hydrogen-bond acceptors (Lipinski definition) is 3. The standard InChI is InChI=1S/C17H23N3O2/c1-18-15(21)13-4-2-3-12(9-13)11-20-16(22)14-10-17(14)5-7-19-8-6-17/h2-4,9,14,19H,5-8,10-11H2,1H3,(H,18,21)(H,20,22). The Morgan fingerprint density at radius 3 is 2.82 bits per heavy atom. The maximum absolute atomic E-state index is 12.3. The van der Waals surface area contributed by atoms with Gasteiger partial charge in [-0.15, -0.1) is 0 Å². The minimum Gasteiger partial charge on any atom is -0.355 e. The van der Waals surface area contributed by atoms with Crippen molar-refractivity contribution in [2.75, 3.05) is 20.1 Å². The number of rotatable bonds is 4. The van der Waals surface area contributed by atoms with E-state index in [1.165, 1.54) is 0 Å². The van der Waals surface area contributed by atoms with Crippen LogP contribution < -0.4 is 16.0 Å². The van der Waals surface area contributed by atoms with E-state index < -0.39 is 0 Å². The molecule has 1 spiro atoms. The van der Waals surface area contributed by atoms with Crippen molar-refractivity contribution in [3.63, 3.8) is 0 Å². The van der Waals surface area contributed by atoms with Gasteiger partial charge < -0.3 is 16.0 Å². The van der Waals surface area contributed by atoms with Gasteiger partial charge in [0.1, 0.15) is 0 Å². The normalized spacial score (nSPS) is 22.1. The minimum atomic E-state index is -0.107. The highest BCUT2D eigenvalue weighted by Crippen LogP contribution is 2.58. The lowest BCUT2D eigenvalue weighted by Gasteiger charge is -2.23. The lowest BCUT2D eigenvalue weighted by molar-refractivity contribution is -0.123. The molecule has 22 heavy (non-hydrogen) atoms. The predicted octanol–water partition coefficient (Wildman–Crippen LogP) is 1.05. The van der Waals surface area contributed by atoms with Crippen LogP contribution in [0.25, 0.3) is 0 Å². The summed E-state index contributed by atoms with van der Waals surface area (Å²) in [6, 6.07) is 7.37. The summed E-state index contributed by atoms with van der Waals surface area (Å²) in [6.07, 6.45) is 3.24. The topological polar surface area (TPSA) is 70.2 Å². The molecule has 1 aromatic carbocycles. The van der Waals surface area contributed by atoms with Crippen molar-refractivity contribution < 1.29 is 9.59 Å². The van der Waals surface area contributed by atoms with Gasteiger partial charge in [0.05, 0.1) is 0 Å². The molecule has 1 aliphatic carbocycles. The smallest absolute Gasteiger partial charge is 0.251 e. The lowest BCUT2D eigenvalue weighted by Crippen LogP contribution is -2.33. The molecule has 1 saturated carbocycles. The third kappa shape index (κ3) is 2.99. The Balaban J connectivity index is 1.55. The zero-order valence-corrected chi connectivity index (χ0v) is 12.9. The molecule has 1 aliphatic heterocycles.